The van der Waals surface area contributed by atoms with Crippen molar-refractivity contribution in [3.05, 3.63) is 83.6 Å². The van der Waals surface area contributed by atoms with E-state index in [1.807, 2.05) is 45.0 Å². The number of carbonyl (C=O) groups is 1. The highest BCUT2D eigenvalue weighted by Gasteiger charge is 2.16. The maximum Gasteiger partial charge on any atom is 0.322 e. The topological polar surface area (TPSA) is 94.8 Å². The van der Waals surface area contributed by atoms with Crippen LogP contribution in [0.4, 0.5) is 5.69 Å². The molecule has 0 unspecified atom stereocenters. The Morgan fingerprint density at radius 2 is 1.80 bits per heavy atom. The zero-order valence-electron chi connectivity index (χ0n) is 16.8. The number of carbonyl (C=O) groups excluding carboxylic acids is 1. The van der Waals surface area contributed by atoms with Crippen LogP contribution in [0.1, 0.15) is 27.4 Å². The van der Waals surface area contributed by atoms with Crippen LogP contribution >= 0.6 is 0 Å². The van der Waals surface area contributed by atoms with Crippen molar-refractivity contribution in [2.24, 2.45) is 0 Å². The maximum atomic E-state index is 12.8. The van der Waals surface area contributed by atoms with E-state index < -0.39 is 0 Å². The molecule has 1 aromatic carbocycles. The number of aryl methyl sites for hydroxylation is 2. The summed E-state index contributed by atoms with van der Waals surface area (Å²) >= 11 is 0. The molecule has 0 aliphatic heterocycles. The third kappa shape index (κ3) is 4.17. The second kappa shape index (κ2) is 8.12. The highest BCUT2D eigenvalue weighted by molar-refractivity contribution is 6.05. The molecular weight excluding hydrogens is 380 g/mol. The SMILES string of the molecule is Cc1cc(C)nc(Oc2cccc(NC(=O)c3cnn(-c4ccccn4)c3C)c2)n1. The molecule has 8 heteroatoms. The lowest BCUT2D eigenvalue weighted by molar-refractivity contribution is 0.102. The van der Waals surface area contributed by atoms with E-state index in [-0.39, 0.29) is 11.9 Å². The van der Waals surface area contributed by atoms with Crippen molar-refractivity contribution in [2.45, 2.75) is 20.8 Å². The van der Waals surface area contributed by atoms with Crippen molar-refractivity contribution in [1.29, 1.82) is 0 Å². The molecule has 3 heterocycles. The molecule has 3 aromatic heterocycles. The minimum atomic E-state index is -0.269. The Kier molecular flexibility index (Phi) is 5.21. The number of amides is 1. The summed E-state index contributed by atoms with van der Waals surface area (Å²) in [7, 11) is 0. The van der Waals surface area contributed by atoms with Crippen LogP contribution < -0.4 is 10.1 Å². The first kappa shape index (κ1) is 19.3. The molecule has 0 radical (unpaired) electrons. The molecule has 0 saturated heterocycles. The van der Waals surface area contributed by atoms with E-state index in [1.54, 1.807) is 35.1 Å². The van der Waals surface area contributed by atoms with Gasteiger partial charge in [-0.2, -0.15) is 5.10 Å². The fourth-order valence-corrected chi connectivity index (χ4v) is 3.02. The quantitative estimate of drug-likeness (QED) is 0.544. The fraction of sp³-hybridized carbons (Fsp3) is 0.136. The fourth-order valence-electron chi connectivity index (χ4n) is 3.02. The monoisotopic (exact) mass is 400 g/mol. The van der Waals surface area contributed by atoms with E-state index in [1.165, 1.54) is 6.20 Å². The third-order valence-electron chi connectivity index (χ3n) is 4.38. The lowest BCUT2D eigenvalue weighted by Crippen LogP contribution is -2.13. The molecule has 0 bridgehead atoms. The van der Waals surface area contributed by atoms with Gasteiger partial charge in [0.25, 0.3) is 5.91 Å². The Morgan fingerprint density at radius 3 is 2.53 bits per heavy atom. The molecule has 1 amide bonds. The first-order valence-corrected chi connectivity index (χ1v) is 9.37. The van der Waals surface area contributed by atoms with Gasteiger partial charge in [-0.25, -0.2) is 19.6 Å². The summed E-state index contributed by atoms with van der Waals surface area (Å²) in [5, 5.41) is 7.17. The number of ether oxygens (including phenoxy) is 1. The van der Waals surface area contributed by atoms with Crippen LogP contribution in [0.15, 0.2) is 60.9 Å². The van der Waals surface area contributed by atoms with Crippen LogP contribution in [0.5, 0.6) is 11.8 Å². The Hall–Kier alpha value is -4.07. The standard InChI is InChI=1S/C22H20N6O2/c1-14-11-15(2)26-22(25-14)30-18-8-6-7-17(12-18)27-21(29)19-13-24-28(16(19)3)20-9-4-5-10-23-20/h4-13H,1-3H3,(H,27,29). The minimum absolute atomic E-state index is 0.267. The van der Waals surface area contributed by atoms with Gasteiger partial charge in [-0.05, 0) is 51.1 Å². The number of rotatable bonds is 5. The van der Waals surface area contributed by atoms with Crippen LogP contribution in [0.25, 0.3) is 5.82 Å². The Balaban J connectivity index is 1.52. The summed E-state index contributed by atoms with van der Waals surface area (Å²) in [4.78, 5) is 25.6. The molecule has 0 spiro atoms. The van der Waals surface area contributed by atoms with Gasteiger partial charge in [0.15, 0.2) is 5.82 Å². The molecule has 0 fully saturated rings. The van der Waals surface area contributed by atoms with E-state index in [2.05, 4.69) is 25.4 Å². The van der Waals surface area contributed by atoms with Gasteiger partial charge in [-0.15, -0.1) is 0 Å². The van der Waals surface area contributed by atoms with Crippen molar-refractivity contribution >= 4 is 11.6 Å². The average molecular weight is 400 g/mol. The molecule has 0 aliphatic carbocycles. The Bertz CT molecular complexity index is 1180. The van der Waals surface area contributed by atoms with Gasteiger partial charge in [-0.3, -0.25) is 4.79 Å². The number of hydrogen-bond acceptors (Lipinski definition) is 6. The van der Waals surface area contributed by atoms with E-state index in [4.69, 9.17) is 4.74 Å². The van der Waals surface area contributed by atoms with Gasteiger partial charge in [0.2, 0.25) is 0 Å². The maximum absolute atomic E-state index is 12.8. The van der Waals surface area contributed by atoms with E-state index in [9.17, 15) is 4.79 Å². The predicted octanol–water partition coefficient (Wildman–Crippen LogP) is 4.03. The van der Waals surface area contributed by atoms with E-state index in [0.29, 0.717) is 28.5 Å². The van der Waals surface area contributed by atoms with E-state index >= 15 is 0 Å². The molecule has 4 aromatic rings. The number of benzene rings is 1. The summed E-state index contributed by atoms with van der Waals surface area (Å²) in [5.74, 6) is 0.908. The molecule has 30 heavy (non-hydrogen) atoms. The van der Waals surface area contributed by atoms with Crippen LogP contribution in [-0.4, -0.2) is 30.6 Å². The highest BCUT2D eigenvalue weighted by Crippen LogP contribution is 2.23. The van der Waals surface area contributed by atoms with Crippen molar-refractivity contribution in [1.82, 2.24) is 24.7 Å². The van der Waals surface area contributed by atoms with Crippen molar-refractivity contribution in [3.8, 4) is 17.6 Å². The first-order valence-electron chi connectivity index (χ1n) is 9.37. The molecule has 0 saturated carbocycles. The summed E-state index contributed by atoms with van der Waals surface area (Å²) in [6, 6.07) is 14.7. The first-order chi connectivity index (χ1) is 14.5. The summed E-state index contributed by atoms with van der Waals surface area (Å²) < 4.78 is 7.39. The van der Waals surface area contributed by atoms with Crippen molar-refractivity contribution in [3.63, 3.8) is 0 Å². The van der Waals surface area contributed by atoms with Gasteiger partial charge in [0.1, 0.15) is 5.75 Å². The smallest absolute Gasteiger partial charge is 0.322 e. The van der Waals surface area contributed by atoms with Gasteiger partial charge < -0.3 is 10.1 Å². The zero-order chi connectivity index (χ0) is 21.1. The number of nitrogens with one attached hydrogen (secondary N) is 1. The number of aromatic nitrogens is 5. The number of nitrogens with zero attached hydrogens (tertiary/aromatic N) is 5. The summed E-state index contributed by atoms with van der Waals surface area (Å²) in [5.41, 5.74) is 3.39. The van der Waals surface area contributed by atoms with E-state index in [0.717, 1.165) is 11.4 Å². The number of hydrogen-bond donors (Lipinski definition) is 1. The lowest BCUT2D eigenvalue weighted by atomic mass is 10.2. The summed E-state index contributed by atoms with van der Waals surface area (Å²) in [6.45, 7) is 5.59. The Morgan fingerprint density at radius 1 is 1.00 bits per heavy atom. The van der Waals surface area contributed by atoms with Gasteiger partial charge in [-0.1, -0.05) is 12.1 Å². The van der Waals surface area contributed by atoms with Crippen LogP contribution in [0.3, 0.4) is 0 Å². The zero-order valence-corrected chi connectivity index (χ0v) is 16.8. The second-order valence-electron chi connectivity index (χ2n) is 6.76. The van der Waals surface area contributed by atoms with Crippen LogP contribution in [0, 0.1) is 20.8 Å². The lowest BCUT2D eigenvalue weighted by Gasteiger charge is -2.09. The summed E-state index contributed by atoms with van der Waals surface area (Å²) in [6.07, 6.45) is 3.21. The van der Waals surface area contributed by atoms with Crippen LogP contribution in [-0.2, 0) is 0 Å². The van der Waals surface area contributed by atoms with Crippen molar-refractivity contribution in [2.75, 3.05) is 5.32 Å². The predicted molar refractivity (Wildman–Crippen MR) is 112 cm³/mol. The molecular formula is C22H20N6O2. The molecule has 8 nitrogen and oxygen atoms in total. The molecule has 4 rings (SSSR count). The normalized spacial score (nSPS) is 10.6. The van der Waals surface area contributed by atoms with Crippen molar-refractivity contribution < 1.29 is 9.53 Å². The third-order valence-corrected chi connectivity index (χ3v) is 4.38. The van der Waals surface area contributed by atoms with Gasteiger partial charge >= 0.3 is 6.01 Å². The van der Waals surface area contributed by atoms with Gasteiger partial charge in [0.05, 0.1) is 17.5 Å². The van der Waals surface area contributed by atoms with Gasteiger partial charge in [0, 0.05) is 29.3 Å². The highest BCUT2D eigenvalue weighted by atomic mass is 16.5. The average Bonchev–Trinajstić information content (AvgIpc) is 3.09. The molecule has 0 atom stereocenters. The second-order valence-corrected chi connectivity index (χ2v) is 6.76. The molecule has 150 valence electrons. The molecule has 1 N–H and O–H groups in total. The molecule has 0 aliphatic rings. The van der Waals surface area contributed by atoms with Crippen LogP contribution in [0.2, 0.25) is 0 Å². The minimum Gasteiger partial charge on any atom is -0.424 e. The largest absolute Gasteiger partial charge is 0.424 e. The number of anilines is 1. The Labute approximate surface area is 173 Å². The number of pyridine rings is 1.